The average molecular weight is 280 g/mol. The zero-order chi connectivity index (χ0) is 14.8. The minimum atomic E-state index is -1.05. The number of rotatable bonds is 4. The van der Waals surface area contributed by atoms with Gasteiger partial charge in [0.1, 0.15) is 6.04 Å². The summed E-state index contributed by atoms with van der Waals surface area (Å²) >= 11 is 0. The normalized spacial score (nSPS) is 18.8. The number of carbonyl (C=O) groups is 2. The fraction of sp³-hybridized carbons (Fsp3) is 0.615. The number of hydrogen-bond acceptors (Lipinski definition) is 3. The molecule has 20 heavy (non-hydrogen) atoms. The second-order valence-corrected chi connectivity index (χ2v) is 5.96. The van der Waals surface area contributed by atoms with E-state index in [1.165, 1.54) is 6.33 Å². The van der Waals surface area contributed by atoms with Crippen LogP contribution in [0.2, 0.25) is 0 Å². The zero-order valence-corrected chi connectivity index (χ0v) is 11.7. The smallest absolute Gasteiger partial charge is 0.326 e. The number of amides is 2. The molecule has 0 spiro atoms. The Kier molecular flexibility index (Phi) is 3.96. The van der Waals surface area contributed by atoms with Crippen molar-refractivity contribution in [2.24, 2.45) is 5.41 Å². The molecule has 1 aliphatic rings. The number of carboxylic acid groups (broad SMARTS) is 1. The number of hydrogen-bond donors (Lipinski definition) is 3. The summed E-state index contributed by atoms with van der Waals surface area (Å²) in [5.41, 5.74) is 0.777. The predicted molar refractivity (Wildman–Crippen MR) is 72.2 cm³/mol. The predicted octanol–water partition coefficient (Wildman–Crippen LogP) is 0.847. The quantitative estimate of drug-likeness (QED) is 0.761. The first-order valence-electron chi connectivity index (χ1n) is 6.63. The molecule has 1 aromatic heterocycles. The summed E-state index contributed by atoms with van der Waals surface area (Å²) in [6.45, 7) is 5.50. The summed E-state index contributed by atoms with van der Waals surface area (Å²) in [5.74, 6) is -1.05. The summed E-state index contributed by atoms with van der Waals surface area (Å²) < 4.78 is 0. The highest BCUT2D eigenvalue weighted by molar-refractivity contribution is 5.83. The maximum Gasteiger partial charge on any atom is 0.326 e. The van der Waals surface area contributed by atoms with Crippen molar-refractivity contribution in [3.8, 4) is 0 Å². The van der Waals surface area contributed by atoms with Gasteiger partial charge in [-0.1, -0.05) is 13.8 Å². The minimum absolute atomic E-state index is 0.0967. The highest BCUT2D eigenvalue weighted by Gasteiger charge is 2.33. The summed E-state index contributed by atoms with van der Waals surface area (Å²) in [5, 5.41) is 11.8. The number of urea groups is 1. The molecule has 0 saturated carbocycles. The molecule has 110 valence electrons. The van der Waals surface area contributed by atoms with Gasteiger partial charge >= 0.3 is 12.0 Å². The topological polar surface area (TPSA) is 98.3 Å². The molecule has 2 amide bonds. The number of nitrogens with zero attached hydrogens (tertiary/aromatic N) is 2. The van der Waals surface area contributed by atoms with Crippen LogP contribution in [0.1, 0.15) is 26.0 Å². The number of likely N-dealkylation sites (tertiary alicyclic amines) is 1. The molecule has 0 bridgehead atoms. The van der Waals surface area contributed by atoms with Crippen molar-refractivity contribution in [2.75, 3.05) is 13.1 Å². The molecular formula is C13H20N4O3. The number of H-pyrrole nitrogens is 1. The van der Waals surface area contributed by atoms with Crippen LogP contribution in [0.15, 0.2) is 12.5 Å². The molecule has 1 atom stereocenters. The number of aromatic nitrogens is 2. The molecular weight excluding hydrogens is 260 g/mol. The minimum Gasteiger partial charge on any atom is -0.480 e. The molecule has 0 aliphatic carbocycles. The lowest BCUT2D eigenvalue weighted by molar-refractivity contribution is -0.139. The lowest BCUT2D eigenvalue weighted by atomic mass is 9.93. The molecule has 7 heteroatoms. The fourth-order valence-electron chi connectivity index (χ4n) is 2.34. The monoisotopic (exact) mass is 280 g/mol. The molecule has 1 aliphatic heterocycles. The Balaban J connectivity index is 1.95. The van der Waals surface area contributed by atoms with Crippen molar-refractivity contribution in [1.29, 1.82) is 0 Å². The second-order valence-electron chi connectivity index (χ2n) is 5.96. The van der Waals surface area contributed by atoms with Gasteiger partial charge in [0.25, 0.3) is 0 Å². The van der Waals surface area contributed by atoms with E-state index in [-0.39, 0.29) is 17.9 Å². The third-order valence-electron chi connectivity index (χ3n) is 3.54. The van der Waals surface area contributed by atoms with Crippen molar-refractivity contribution in [1.82, 2.24) is 20.2 Å². The van der Waals surface area contributed by atoms with E-state index in [2.05, 4.69) is 29.1 Å². The van der Waals surface area contributed by atoms with Gasteiger partial charge in [-0.3, -0.25) is 0 Å². The molecule has 1 unspecified atom stereocenters. The lowest BCUT2D eigenvalue weighted by Gasteiger charge is -2.22. The van der Waals surface area contributed by atoms with Crippen LogP contribution in [0.5, 0.6) is 0 Å². The largest absolute Gasteiger partial charge is 0.480 e. The van der Waals surface area contributed by atoms with E-state index in [1.807, 2.05) is 0 Å². The van der Waals surface area contributed by atoms with Gasteiger partial charge in [0.2, 0.25) is 0 Å². The number of nitrogens with one attached hydrogen (secondary N) is 2. The first-order valence-corrected chi connectivity index (χ1v) is 6.63. The van der Waals surface area contributed by atoms with Gasteiger partial charge in [-0.05, 0) is 11.8 Å². The van der Waals surface area contributed by atoms with Crippen molar-refractivity contribution in [3.63, 3.8) is 0 Å². The van der Waals surface area contributed by atoms with Crippen LogP contribution < -0.4 is 5.32 Å². The summed E-state index contributed by atoms with van der Waals surface area (Å²) in [4.78, 5) is 31.7. The first kappa shape index (κ1) is 14.4. The molecule has 0 radical (unpaired) electrons. The molecule has 0 aromatic carbocycles. The van der Waals surface area contributed by atoms with Crippen LogP contribution in [0.3, 0.4) is 0 Å². The van der Waals surface area contributed by atoms with Crippen molar-refractivity contribution in [3.05, 3.63) is 18.2 Å². The number of imidazole rings is 1. The standard InChI is InChI=1S/C13H20N4O3/c1-13(2)3-4-17(7-13)12(20)16-10(11(18)19)5-9-6-14-8-15-9/h6,8,10H,3-5,7H2,1-2H3,(H,14,15)(H,16,20)(H,18,19). The van der Waals surface area contributed by atoms with Gasteiger partial charge in [0.05, 0.1) is 6.33 Å². The Morgan fingerprint density at radius 3 is 2.85 bits per heavy atom. The maximum absolute atomic E-state index is 12.1. The van der Waals surface area contributed by atoms with E-state index in [1.54, 1.807) is 11.1 Å². The van der Waals surface area contributed by atoms with Gasteiger partial charge in [-0.15, -0.1) is 0 Å². The van der Waals surface area contributed by atoms with E-state index in [4.69, 9.17) is 0 Å². The molecule has 2 rings (SSSR count). The highest BCUT2D eigenvalue weighted by atomic mass is 16.4. The molecule has 1 fully saturated rings. The van der Waals surface area contributed by atoms with Crippen LogP contribution in [-0.4, -0.2) is 51.1 Å². The molecule has 1 aromatic rings. The summed E-state index contributed by atoms with van der Waals surface area (Å²) in [6.07, 6.45) is 4.16. The van der Waals surface area contributed by atoms with E-state index >= 15 is 0 Å². The van der Waals surface area contributed by atoms with Gasteiger partial charge in [-0.2, -0.15) is 0 Å². The van der Waals surface area contributed by atoms with Crippen LogP contribution in [0.4, 0.5) is 4.79 Å². The van der Waals surface area contributed by atoms with E-state index in [0.29, 0.717) is 18.8 Å². The van der Waals surface area contributed by atoms with Crippen molar-refractivity contribution < 1.29 is 14.7 Å². The van der Waals surface area contributed by atoms with Crippen LogP contribution >= 0.6 is 0 Å². The van der Waals surface area contributed by atoms with Crippen molar-refractivity contribution in [2.45, 2.75) is 32.7 Å². The Morgan fingerprint density at radius 2 is 2.35 bits per heavy atom. The Bertz CT molecular complexity index is 484. The maximum atomic E-state index is 12.1. The zero-order valence-electron chi connectivity index (χ0n) is 11.7. The van der Waals surface area contributed by atoms with Gasteiger partial charge in [-0.25, -0.2) is 14.6 Å². The third-order valence-corrected chi connectivity index (χ3v) is 3.54. The summed E-state index contributed by atoms with van der Waals surface area (Å²) in [6, 6.07) is -1.27. The van der Waals surface area contributed by atoms with E-state index in [9.17, 15) is 14.7 Å². The number of carbonyl (C=O) groups excluding carboxylic acids is 1. The number of carboxylic acids is 1. The molecule has 3 N–H and O–H groups in total. The lowest BCUT2D eigenvalue weighted by Crippen LogP contribution is -2.48. The average Bonchev–Trinajstić information content (AvgIpc) is 2.97. The fourth-order valence-corrected chi connectivity index (χ4v) is 2.34. The van der Waals surface area contributed by atoms with Gasteiger partial charge < -0.3 is 20.3 Å². The molecule has 7 nitrogen and oxygen atoms in total. The Hall–Kier alpha value is -2.05. The number of aromatic amines is 1. The molecule has 2 heterocycles. The van der Waals surface area contributed by atoms with Gasteiger partial charge in [0.15, 0.2) is 0 Å². The summed E-state index contributed by atoms with van der Waals surface area (Å²) in [7, 11) is 0. The van der Waals surface area contributed by atoms with E-state index in [0.717, 1.165) is 6.42 Å². The third kappa shape index (κ3) is 3.49. The van der Waals surface area contributed by atoms with Crippen LogP contribution in [-0.2, 0) is 11.2 Å². The van der Waals surface area contributed by atoms with Crippen molar-refractivity contribution >= 4 is 12.0 Å². The molecule has 1 saturated heterocycles. The Morgan fingerprint density at radius 1 is 1.60 bits per heavy atom. The van der Waals surface area contributed by atoms with Crippen LogP contribution in [0, 0.1) is 5.41 Å². The number of aliphatic carboxylic acids is 1. The van der Waals surface area contributed by atoms with Gasteiger partial charge in [0, 0.05) is 31.4 Å². The highest BCUT2D eigenvalue weighted by Crippen LogP contribution is 2.28. The SMILES string of the molecule is CC1(C)CCN(C(=O)NC(Cc2cnc[nH]2)C(=O)O)C1. The van der Waals surface area contributed by atoms with E-state index < -0.39 is 12.0 Å². The van der Waals surface area contributed by atoms with Crippen LogP contribution in [0.25, 0.3) is 0 Å². The first-order chi connectivity index (χ1) is 9.37. The Labute approximate surface area is 117 Å². The second kappa shape index (κ2) is 5.52.